The molecular weight excluding hydrogens is 348 g/mol. The van der Waals surface area contributed by atoms with Gasteiger partial charge in [-0.3, -0.25) is 9.10 Å². The molecule has 1 heterocycles. The van der Waals surface area contributed by atoms with Crippen molar-refractivity contribution >= 4 is 38.1 Å². The molecule has 1 aromatic heterocycles. The summed E-state index contributed by atoms with van der Waals surface area (Å²) < 4.78 is 25.3. The Hall–Kier alpha value is -2.13. The van der Waals surface area contributed by atoms with Crippen LogP contribution in [-0.2, 0) is 21.2 Å². The second kappa shape index (κ2) is 7.63. The van der Waals surface area contributed by atoms with E-state index in [2.05, 4.69) is 10.3 Å². The molecule has 3 N–H and O–H groups in total. The fourth-order valence-electron chi connectivity index (χ4n) is 2.28. The van der Waals surface area contributed by atoms with Crippen molar-refractivity contribution < 1.29 is 13.2 Å². The molecule has 7 nitrogen and oxygen atoms in total. The third-order valence-electron chi connectivity index (χ3n) is 3.35. The first-order valence-electron chi connectivity index (χ1n) is 7.31. The number of para-hydroxylation sites is 1. The number of carbonyl (C=O) groups excluding carboxylic acids is 1. The highest BCUT2D eigenvalue weighted by atomic mass is 32.2. The van der Waals surface area contributed by atoms with Crippen LogP contribution in [0, 0.1) is 0 Å². The number of nitrogens with two attached hydrogens (primary N) is 1. The van der Waals surface area contributed by atoms with Gasteiger partial charge in [0.1, 0.15) is 6.04 Å². The van der Waals surface area contributed by atoms with Crippen LogP contribution in [0.4, 0.5) is 10.8 Å². The lowest BCUT2D eigenvalue weighted by atomic mass is 10.2. The Morgan fingerprint density at radius 3 is 2.58 bits per heavy atom. The Morgan fingerprint density at radius 1 is 1.38 bits per heavy atom. The van der Waals surface area contributed by atoms with Gasteiger partial charge in [-0.1, -0.05) is 18.2 Å². The lowest BCUT2D eigenvalue weighted by Gasteiger charge is -2.28. The smallest absolute Gasteiger partial charge is 0.243 e. The number of amides is 1. The molecule has 0 aliphatic heterocycles. The maximum absolute atomic E-state index is 12.3. The third-order valence-corrected chi connectivity index (χ3v) is 5.31. The van der Waals surface area contributed by atoms with Crippen molar-refractivity contribution in [3.05, 3.63) is 41.4 Å². The van der Waals surface area contributed by atoms with Crippen LogP contribution in [-0.4, -0.2) is 38.2 Å². The van der Waals surface area contributed by atoms with Gasteiger partial charge < -0.3 is 11.1 Å². The van der Waals surface area contributed by atoms with Gasteiger partial charge in [-0.25, -0.2) is 13.4 Å². The molecule has 0 aliphatic rings. The van der Waals surface area contributed by atoms with Gasteiger partial charge in [0.15, 0.2) is 5.13 Å². The van der Waals surface area contributed by atoms with E-state index in [0.29, 0.717) is 23.8 Å². The molecule has 24 heavy (non-hydrogen) atoms. The average molecular weight is 368 g/mol. The van der Waals surface area contributed by atoms with Crippen molar-refractivity contribution in [3.63, 3.8) is 0 Å². The summed E-state index contributed by atoms with van der Waals surface area (Å²) in [5.41, 5.74) is 6.81. The van der Waals surface area contributed by atoms with E-state index in [1.807, 2.05) is 5.38 Å². The molecule has 2 rings (SSSR count). The predicted octanol–water partition coefficient (Wildman–Crippen LogP) is 1.24. The Kier molecular flexibility index (Phi) is 5.79. The highest BCUT2D eigenvalue weighted by Gasteiger charge is 2.28. The number of aromatic nitrogens is 1. The zero-order valence-corrected chi connectivity index (χ0v) is 15.1. The number of thiazole rings is 1. The summed E-state index contributed by atoms with van der Waals surface area (Å²) in [4.78, 5) is 16.5. The molecule has 2 aromatic rings. The Labute approximate surface area is 145 Å². The molecule has 0 saturated carbocycles. The van der Waals surface area contributed by atoms with Gasteiger partial charge >= 0.3 is 0 Å². The molecule has 0 spiro atoms. The molecule has 0 unspecified atom stereocenters. The molecule has 0 bridgehead atoms. The van der Waals surface area contributed by atoms with Gasteiger partial charge in [0.05, 0.1) is 17.6 Å². The first kappa shape index (κ1) is 18.2. The molecule has 1 amide bonds. The first-order valence-corrected chi connectivity index (χ1v) is 10.0. The number of carbonyl (C=O) groups is 1. The number of anilines is 2. The van der Waals surface area contributed by atoms with E-state index >= 15 is 0 Å². The number of nitrogens with zero attached hydrogens (tertiary/aromatic N) is 2. The zero-order chi connectivity index (χ0) is 17.7. The number of benzene rings is 1. The lowest BCUT2D eigenvalue weighted by molar-refractivity contribution is -0.121. The summed E-state index contributed by atoms with van der Waals surface area (Å²) in [6, 6.07) is 7.69. The minimum Gasteiger partial charge on any atom is -0.375 e. The second-order valence-corrected chi connectivity index (χ2v) is 8.04. The number of nitrogens with one attached hydrogen (secondary N) is 1. The van der Waals surface area contributed by atoms with Gasteiger partial charge in [0.25, 0.3) is 0 Å². The molecule has 1 aromatic carbocycles. The van der Waals surface area contributed by atoms with E-state index in [4.69, 9.17) is 5.73 Å². The topological polar surface area (TPSA) is 105 Å². The van der Waals surface area contributed by atoms with E-state index < -0.39 is 16.1 Å². The molecule has 1 atom stereocenters. The largest absolute Gasteiger partial charge is 0.375 e. The van der Waals surface area contributed by atoms with Crippen molar-refractivity contribution in [2.75, 3.05) is 22.8 Å². The molecule has 0 radical (unpaired) electrons. The summed E-state index contributed by atoms with van der Waals surface area (Å²) in [7, 11) is -3.59. The van der Waals surface area contributed by atoms with Crippen LogP contribution >= 0.6 is 11.3 Å². The van der Waals surface area contributed by atoms with Crippen molar-refractivity contribution in [1.29, 1.82) is 0 Å². The van der Waals surface area contributed by atoms with Crippen molar-refractivity contribution in [3.8, 4) is 0 Å². The van der Waals surface area contributed by atoms with Crippen LogP contribution in [0.5, 0.6) is 0 Å². The van der Waals surface area contributed by atoms with E-state index in [-0.39, 0.29) is 5.91 Å². The van der Waals surface area contributed by atoms with Gasteiger partial charge in [-0.05, 0) is 19.1 Å². The number of hydrogen-bond donors (Lipinski definition) is 2. The SMILES string of the molecule is C[C@H](C(=O)NCCc1csc(N)n1)N(c1ccccc1)S(C)(=O)=O. The summed E-state index contributed by atoms with van der Waals surface area (Å²) in [5.74, 6) is -0.368. The van der Waals surface area contributed by atoms with E-state index in [1.165, 1.54) is 11.3 Å². The number of hydrogen-bond acceptors (Lipinski definition) is 6. The number of rotatable bonds is 7. The molecule has 0 saturated heterocycles. The van der Waals surface area contributed by atoms with Gasteiger partial charge in [-0.15, -0.1) is 11.3 Å². The maximum Gasteiger partial charge on any atom is 0.243 e. The Bertz CT molecular complexity index is 790. The molecule has 9 heteroatoms. The van der Waals surface area contributed by atoms with Crippen molar-refractivity contribution in [2.24, 2.45) is 0 Å². The highest BCUT2D eigenvalue weighted by molar-refractivity contribution is 7.92. The molecular formula is C15H20N4O3S2. The molecule has 130 valence electrons. The minimum atomic E-state index is -3.59. The van der Waals surface area contributed by atoms with Crippen molar-refractivity contribution in [1.82, 2.24) is 10.3 Å². The third kappa shape index (κ3) is 4.68. The Morgan fingerprint density at radius 2 is 2.04 bits per heavy atom. The van der Waals surface area contributed by atoms with Gasteiger partial charge in [0.2, 0.25) is 15.9 Å². The predicted molar refractivity (Wildman–Crippen MR) is 96.5 cm³/mol. The van der Waals surface area contributed by atoms with Crippen molar-refractivity contribution in [2.45, 2.75) is 19.4 Å². The van der Waals surface area contributed by atoms with E-state index in [1.54, 1.807) is 37.3 Å². The van der Waals surface area contributed by atoms with Crippen LogP contribution in [0.15, 0.2) is 35.7 Å². The minimum absolute atomic E-state index is 0.360. The number of sulfonamides is 1. The van der Waals surface area contributed by atoms with Gasteiger partial charge in [-0.2, -0.15) is 0 Å². The second-order valence-electron chi connectivity index (χ2n) is 5.29. The standard InChI is InChI=1S/C15H20N4O3S2/c1-11(14(20)17-9-8-12-10-23-15(16)18-12)19(24(2,21)22)13-6-4-3-5-7-13/h3-7,10-11H,8-9H2,1-2H3,(H2,16,18)(H,17,20)/t11-/m1/s1. The highest BCUT2D eigenvalue weighted by Crippen LogP contribution is 2.20. The zero-order valence-electron chi connectivity index (χ0n) is 13.5. The van der Waals surface area contributed by atoms with Crippen LogP contribution in [0.1, 0.15) is 12.6 Å². The van der Waals surface area contributed by atoms with Crippen LogP contribution < -0.4 is 15.4 Å². The Balaban J connectivity index is 2.03. The number of nitrogen functional groups attached to an aromatic ring is 1. The lowest BCUT2D eigenvalue weighted by Crippen LogP contribution is -2.48. The quantitative estimate of drug-likeness (QED) is 0.765. The fraction of sp³-hybridized carbons (Fsp3) is 0.333. The summed E-state index contributed by atoms with van der Waals surface area (Å²) >= 11 is 1.34. The normalized spacial score (nSPS) is 12.6. The van der Waals surface area contributed by atoms with Crippen LogP contribution in [0.2, 0.25) is 0 Å². The summed E-state index contributed by atoms with van der Waals surface area (Å²) in [5, 5.41) is 5.06. The van der Waals surface area contributed by atoms with Crippen LogP contribution in [0.3, 0.4) is 0 Å². The van der Waals surface area contributed by atoms with E-state index in [9.17, 15) is 13.2 Å². The van der Waals surface area contributed by atoms with Crippen LogP contribution in [0.25, 0.3) is 0 Å². The molecule has 0 aliphatic carbocycles. The van der Waals surface area contributed by atoms with E-state index in [0.717, 1.165) is 16.3 Å². The summed E-state index contributed by atoms with van der Waals surface area (Å²) in [6.45, 7) is 1.92. The fourth-order valence-corrected chi connectivity index (χ4v) is 4.05. The maximum atomic E-state index is 12.3. The molecule has 0 fully saturated rings. The summed E-state index contributed by atoms with van der Waals surface area (Å²) in [6.07, 6.45) is 1.62. The average Bonchev–Trinajstić information content (AvgIpc) is 2.92. The van der Waals surface area contributed by atoms with Gasteiger partial charge in [0, 0.05) is 18.3 Å². The monoisotopic (exact) mass is 368 g/mol. The first-order chi connectivity index (χ1) is 11.3.